The molecule has 2 aromatic carbocycles. The van der Waals surface area contributed by atoms with Gasteiger partial charge in [-0.25, -0.2) is 13.8 Å². The predicted molar refractivity (Wildman–Crippen MR) is 96.6 cm³/mol. The lowest BCUT2D eigenvalue weighted by atomic mass is 9.92. The molecular formula is C20H16F5N3O2. The number of carbonyl (C=O) groups excluding carboxylic acids is 1. The summed E-state index contributed by atoms with van der Waals surface area (Å²) in [7, 11) is 0. The highest BCUT2D eigenvalue weighted by atomic mass is 19.4. The molecule has 30 heavy (non-hydrogen) atoms. The zero-order valence-electron chi connectivity index (χ0n) is 15.5. The third-order valence-corrected chi connectivity index (χ3v) is 4.54. The fourth-order valence-corrected chi connectivity index (χ4v) is 2.98. The van der Waals surface area contributed by atoms with Gasteiger partial charge < -0.3 is 5.11 Å². The molecule has 1 heterocycles. The van der Waals surface area contributed by atoms with E-state index in [1.165, 1.54) is 12.4 Å². The van der Waals surface area contributed by atoms with Crippen molar-refractivity contribution < 1.29 is 31.9 Å². The highest BCUT2D eigenvalue weighted by Gasteiger charge is 2.40. The van der Waals surface area contributed by atoms with Crippen molar-refractivity contribution in [2.75, 3.05) is 0 Å². The van der Waals surface area contributed by atoms with E-state index in [4.69, 9.17) is 0 Å². The van der Waals surface area contributed by atoms with Crippen LogP contribution in [0.15, 0.2) is 42.7 Å². The Hall–Kier alpha value is -3.14. The Morgan fingerprint density at radius 2 is 1.90 bits per heavy atom. The molecule has 0 aliphatic carbocycles. The Kier molecular flexibility index (Phi) is 5.97. The molecule has 3 rings (SSSR count). The lowest BCUT2D eigenvalue weighted by molar-refractivity contribution is -0.206. The van der Waals surface area contributed by atoms with E-state index in [2.05, 4.69) is 15.2 Å². The average Bonchev–Trinajstić information content (AvgIpc) is 3.21. The Morgan fingerprint density at radius 3 is 2.50 bits per heavy atom. The first-order chi connectivity index (χ1) is 14.1. The van der Waals surface area contributed by atoms with Gasteiger partial charge in [0.1, 0.15) is 23.8 Å². The number of aliphatic hydroxyl groups excluding tert-OH is 1. The van der Waals surface area contributed by atoms with Crippen LogP contribution in [0.25, 0.3) is 11.1 Å². The average molecular weight is 425 g/mol. The molecule has 158 valence electrons. The van der Waals surface area contributed by atoms with Crippen molar-refractivity contribution in [3.63, 3.8) is 0 Å². The number of aromatic nitrogens is 3. The van der Waals surface area contributed by atoms with Gasteiger partial charge in [-0.3, -0.25) is 9.89 Å². The number of aromatic amines is 1. The molecule has 0 saturated heterocycles. The highest BCUT2D eigenvalue weighted by Crippen LogP contribution is 2.36. The van der Waals surface area contributed by atoms with Gasteiger partial charge in [-0.1, -0.05) is 6.92 Å². The summed E-state index contributed by atoms with van der Waals surface area (Å²) < 4.78 is 66.6. The zero-order chi connectivity index (χ0) is 22.1. The summed E-state index contributed by atoms with van der Waals surface area (Å²) in [5.41, 5.74) is -1.07. The molecule has 3 aromatic rings. The van der Waals surface area contributed by atoms with Gasteiger partial charge in [-0.2, -0.15) is 18.3 Å². The number of hydrogen-bond donors (Lipinski definition) is 2. The van der Waals surface area contributed by atoms with Crippen LogP contribution in [-0.2, 0) is 0 Å². The highest BCUT2D eigenvalue weighted by molar-refractivity contribution is 5.98. The van der Waals surface area contributed by atoms with Gasteiger partial charge in [0, 0.05) is 29.5 Å². The second-order valence-electron chi connectivity index (χ2n) is 6.81. The third kappa shape index (κ3) is 4.70. The third-order valence-electron chi connectivity index (χ3n) is 4.54. The molecule has 2 N–H and O–H groups in total. The molecule has 0 radical (unpaired) electrons. The number of ketones is 1. The Labute approximate surface area is 167 Å². The first kappa shape index (κ1) is 21.6. The maximum absolute atomic E-state index is 14.2. The largest absolute Gasteiger partial charge is 0.418 e. The zero-order valence-corrected chi connectivity index (χ0v) is 15.5. The maximum Gasteiger partial charge on any atom is 0.418 e. The van der Waals surface area contributed by atoms with E-state index in [0.29, 0.717) is 11.9 Å². The van der Waals surface area contributed by atoms with E-state index in [-0.39, 0.29) is 23.1 Å². The van der Waals surface area contributed by atoms with Gasteiger partial charge in [0.05, 0.1) is 0 Å². The van der Waals surface area contributed by atoms with Crippen molar-refractivity contribution in [1.29, 1.82) is 0 Å². The number of H-pyrrole nitrogens is 1. The normalized spacial score (nSPS) is 13.8. The fraction of sp³-hybridized carbons (Fsp3) is 0.250. The Bertz CT molecular complexity index is 1050. The molecule has 10 heteroatoms. The standard InChI is InChI=1S/C20H16F5N3O2/c1-10(19-26-9-27-28-19)4-17(29)12-5-11(15-3-2-14(21)8-16(15)22)6-13(7-12)18(30)20(23,24)25/h2-3,5-10,18,30H,4H2,1H3,(H,26,27,28)/t10-,18?/m1/s1. The number of alkyl halides is 3. The first-order valence-electron chi connectivity index (χ1n) is 8.80. The molecule has 2 atom stereocenters. The number of nitrogens with one attached hydrogen (secondary N) is 1. The number of aliphatic hydroxyl groups is 1. The number of carbonyl (C=O) groups is 1. The number of hydrogen-bond acceptors (Lipinski definition) is 4. The molecule has 0 amide bonds. The number of benzene rings is 2. The van der Waals surface area contributed by atoms with Crippen LogP contribution < -0.4 is 0 Å². The molecule has 1 unspecified atom stereocenters. The van der Waals surface area contributed by atoms with Crippen LogP contribution in [0, 0.1) is 11.6 Å². The second kappa shape index (κ2) is 8.31. The maximum atomic E-state index is 14.2. The van der Waals surface area contributed by atoms with E-state index in [0.717, 1.165) is 24.3 Å². The number of nitrogens with zero attached hydrogens (tertiary/aromatic N) is 2. The molecule has 0 aliphatic rings. The SMILES string of the molecule is C[C@H](CC(=O)c1cc(-c2ccc(F)cc2F)cc(C(O)C(F)(F)F)c1)c1ncn[nH]1. The number of Topliss-reactive ketones (excluding diaryl/α,β-unsaturated/α-hetero) is 1. The minimum Gasteiger partial charge on any atom is -0.379 e. The summed E-state index contributed by atoms with van der Waals surface area (Å²) in [5, 5.41) is 16.0. The van der Waals surface area contributed by atoms with Crippen molar-refractivity contribution in [1.82, 2.24) is 15.2 Å². The second-order valence-corrected chi connectivity index (χ2v) is 6.81. The minimum absolute atomic E-state index is 0.0935. The van der Waals surface area contributed by atoms with Crippen LogP contribution in [0.4, 0.5) is 22.0 Å². The van der Waals surface area contributed by atoms with E-state index < -0.39 is 41.2 Å². The summed E-state index contributed by atoms with van der Waals surface area (Å²) in [6.45, 7) is 1.67. The smallest absolute Gasteiger partial charge is 0.379 e. The van der Waals surface area contributed by atoms with Crippen molar-refractivity contribution in [3.8, 4) is 11.1 Å². The van der Waals surface area contributed by atoms with Gasteiger partial charge >= 0.3 is 6.18 Å². The van der Waals surface area contributed by atoms with Crippen LogP contribution in [0.3, 0.4) is 0 Å². The summed E-state index contributed by atoms with van der Waals surface area (Å²) in [4.78, 5) is 16.7. The topological polar surface area (TPSA) is 78.9 Å². The lowest BCUT2D eigenvalue weighted by Crippen LogP contribution is -2.20. The van der Waals surface area contributed by atoms with Crippen LogP contribution in [0.2, 0.25) is 0 Å². The predicted octanol–water partition coefficient (Wildman–Crippen LogP) is 4.72. The summed E-state index contributed by atoms with van der Waals surface area (Å²) >= 11 is 0. The van der Waals surface area contributed by atoms with Gasteiger partial charge in [0.25, 0.3) is 0 Å². The molecule has 0 saturated carbocycles. The summed E-state index contributed by atoms with van der Waals surface area (Å²) in [5.74, 6) is -2.41. The monoisotopic (exact) mass is 425 g/mol. The van der Waals surface area contributed by atoms with Gasteiger partial charge in [0.15, 0.2) is 11.9 Å². The number of halogens is 5. The van der Waals surface area contributed by atoms with Gasteiger partial charge in [0.2, 0.25) is 0 Å². The van der Waals surface area contributed by atoms with Gasteiger partial charge in [-0.05, 0) is 41.5 Å². The molecule has 0 spiro atoms. The Balaban J connectivity index is 2.04. The van der Waals surface area contributed by atoms with Crippen LogP contribution in [0.1, 0.15) is 47.1 Å². The lowest BCUT2D eigenvalue weighted by Gasteiger charge is -2.18. The van der Waals surface area contributed by atoms with E-state index in [1.807, 2.05) is 0 Å². The minimum atomic E-state index is -4.99. The quantitative estimate of drug-likeness (QED) is 0.442. The van der Waals surface area contributed by atoms with Crippen molar-refractivity contribution in [2.45, 2.75) is 31.5 Å². The van der Waals surface area contributed by atoms with Crippen molar-refractivity contribution >= 4 is 5.78 Å². The van der Waals surface area contributed by atoms with Gasteiger partial charge in [-0.15, -0.1) is 0 Å². The summed E-state index contributed by atoms with van der Waals surface area (Å²) in [6.07, 6.45) is -6.73. The van der Waals surface area contributed by atoms with Crippen molar-refractivity contribution in [3.05, 3.63) is 71.3 Å². The molecule has 0 aliphatic heterocycles. The fourth-order valence-electron chi connectivity index (χ4n) is 2.98. The van der Waals surface area contributed by atoms with Crippen LogP contribution in [0.5, 0.6) is 0 Å². The van der Waals surface area contributed by atoms with Crippen LogP contribution >= 0.6 is 0 Å². The van der Waals surface area contributed by atoms with E-state index in [9.17, 15) is 31.9 Å². The molecule has 1 aromatic heterocycles. The first-order valence-corrected chi connectivity index (χ1v) is 8.80. The van der Waals surface area contributed by atoms with Crippen LogP contribution in [-0.4, -0.2) is 32.2 Å². The molecule has 0 fully saturated rings. The van der Waals surface area contributed by atoms with E-state index >= 15 is 0 Å². The molecule has 0 bridgehead atoms. The molecule has 5 nitrogen and oxygen atoms in total. The van der Waals surface area contributed by atoms with Crippen molar-refractivity contribution in [2.24, 2.45) is 0 Å². The molecular weight excluding hydrogens is 409 g/mol. The Morgan fingerprint density at radius 1 is 1.17 bits per heavy atom. The number of rotatable bonds is 6. The summed E-state index contributed by atoms with van der Waals surface area (Å²) in [6, 6.07) is 5.62. The van der Waals surface area contributed by atoms with E-state index in [1.54, 1.807) is 6.92 Å².